The van der Waals surface area contributed by atoms with Crippen molar-refractivity contribution in [1.82, 2.24) is 29.8 Å². The number of carbonyl (C=O) groups excluding carboxylic acids is 1. The van der Waals surface area contributed by atoms with Gasteiger partial charge in [0.25, 0.3) is 5.91 Å². The van der Waals surface area contributed by atoms with E-state index in [0.29, 0.717) is 11.5 Å². The van der Waals surface area contributed by atoms with Crippen LogP contribution in [0.1, 0.15) is 35.1 Å². The van der Waals surface area contributed by atoms with E-state index in [4.69, 9.17) is 14.7 Å². The van der Waals surface area contributed by atoms with Gasteiger partial charge in [-0.1, -0.05) is 6.07 Å². The summed E-state index contributed by atoms with van der Waals surface area (Å²) < 4.78 is 5.45. The Balaban J connectivity index is 1.21. The second-order valence-electron chi connectivity index (χ2n) is 8.92. The lowest BCUT2D eigenvalue weighted by molar-refractivity contribution is 0.102. The fourth-order valence-electron chi connectivity index (χ4n) is 4.61. The lowest BCUT2D eigenvalue weighted by Gasteiger charge is -2.29. The minimum atomic E-state index is -0.293. The number of hydrogen-bond donors (Lipinski definition) is 1. The quantitative estimate of drug-likeness (QED) is 0.504. The van der Waals surface area contributed by atoms with Gasteiger partial charge in [0.1, 0.15) is 11.5 Å². The Labute approximate surface area is 210 Å². The maximum absolute atomic E-state index is 12.7. The van der Waals surface area contributed by atoms with Crippen molar-refractivity contribution in [3.05, 3.63) is 60.4 Å². The molecule has 3 aromatic rings. The maximum Gasteiger partial charge on any atom is 0.275 e. The summed E-state index contributed by atoms with van der Waals surface area (Å²) >= 11 is 0. The number of nitrogens with one attached hydrogen (secondary N) is 1. The molecule has 2 fully saturated rings. The van der Waals surface area contributed by atoms with Gasteiger partial charge in [0.05, 0.1) is 31.1 Å². The van der Waals surface area contributed by atoms with Crippen LogP contribution < -0.4 is 15.1 Å². The Kier molecular flexibility index (Phi) is 7.58. The van der Waals surface area contributed by atoms with Crippen LogP contribution in [0.25, 0.3) is 0 Å². The third kappa shape index (κ3) is 5.74. The molecule has 0 saturated carbocycles. The van der Waals surface area contributed by atoms with Crippen molar-refractivity contribution in [3.63, 3.8) is 0 Å². The van der Waals surface area contributed by atoms with E-state index < -0.39 is 0 Å². The Morgan fingerprint density at radius 3 is 2.83 bits per heavy atom. The number of morpholine rings is 1. The van der Waals surface area contributed by atoms with E-state index in [0.717, 1.165) is 76.2 Å². The van der Waals surface area contributed by atoms with Gasteiger partial charge in [0.2, 0.25) is 5.95 Å². The number of amides is 1. The van der Waals surface area contributed by atoms with Crippen molar-refractivity contribution in [3.8, 4) is 0 Å². The summed E-state index contributed by atoms with van der Waals surface area (Å²) in [7, 11) is 2.03. The van der Waals surface area contributed by atoms with Gasteiger partial charge in [-0.2, -0.15) is 4.98 Å². The molecule has 5 rings (SSSR count). The van der Waals surface area contributed by atoms with Crippen LogP contribution in [0.4, 0.5) is 17.6 Å². The number of likely N-dealkylation sites (tertiary alicyclic amines) is 1. The highest BCUT2D eigenvalue weighted by Crippen LogP contribution is 2.30. The first-order valence-electron chi connectivity index (χ1n) is 12.3. The average Bonchev–Trinajstić information content (AvgIpc) is 3.42. The number of nitrogens with zero attached hydrogens (tertiary/aromatic N) is 8. The molecule has 1 N–H and O–H groups in total. The highest BCUT2D eigenvalue weighted by atomic mass is 16.5. The molecule has 2 aliphatic heterocycles. The van der Waals surface area contributed by atoms with E-state index in [1.165, 1.54) is 12.4 Å². The zero-order chi connectivity index (χ0) is 24.7. The summed E-state index contributed by atoms with van der Waals surface area (Å²) in [5, 5.41) is 2.75. The van der Waals surface area contributed by atoms with E-state index in [2.05, 4.69) is 35.0 Å². The largest absolute Gasteiger partial charge is 0.378 e. The number of pyridine rings is 1. The molecule has 2 saturated heterocycles. The van der Waals surface area contributed by atoms with Crippen molar-refractivity contribution in [1.29, 1.82) is 0 Å². The molecule has 0 aliphatic carbocycles. The van der Waals surface area contributed by atoms with Crippen LogP contribution in [0.2, 0.25) is 0 Å². The predicted octanol–water partition coefficient (Wildman–Crippen LogP) is 2.02. The first kappa shape index (κ1) is 24.0. The summed E-state index contributed by atoms with van der Waals surface area (Å²) in [6, 6.07) is 7.74. The Morgan fingerprint density at radius 2 is 2.00 bits per heavy atom. The van der Waals surface area contributed by atoms with Crippen LogP contribution in [0.15, 0.2) is 49.1 Å². The Bertz CT molecular complexity index is 1160. The molecule has 5 heterocycles. The van der Waals surface area contributed by atoms with Crippen molar-refractivity contribution in [2.24, 2.45) is 0 Å². The van der Waals surface area contributed by atoms with Gasteiger partial charge < -0.3 is 19.9 Å². The highest BCUT2D eigenvalue weighted by Gasteiger charge is 2.28. The summed E-state index contributed by atoms with van der Waals surface area (Å²) in [5.41, 5.74) is 1.28. The van der Waals surface area contributed by atoms with E-state index >= 15 is 0 Å². The first-order chi connectivity index (χ1) is 17.7. The van der Waals surface area contributed by atoms with Gasteiger partial charge in [0, 0.05) is 51.8 Å². The zero-order valence-electron chi connectivity index (χ0n) is 20.5. The molecule has 36 heavy (non-hydrogen) atoms. The first-order valence-corrected chi connectivity index (χ1v) is 12.3. The Hall–Kier alpha value is -3.70. The summed E-state index contributed by atoms with van der Waals surface area (Å²) in [6.45, 7) is 5.77. The zero-order valence-corrected chi connectivity index (χ0v) is 20.5. The molecular formula is C25H31N9O2. The number of ether oxygens (including phenoxy) is 1. The van der Waals surface area contributed by atoms with E-state index in [1.807, 2.05) is 31.4 Å². The monoisotopic (exact) mass is 489 g/mol. The number of aromatic nitrogens is 5. The molecule has 11 nitrogen and oxygen atoms in total. The number of hydrogen-bond acceptors (Lipinski definition) is 10. The molecule has 1 atom stereocenters. The molecule has 3 aromatic heterocycles. The number of likely N-dealkylation sites (N-methyl/N-ethyl adjacent to an activating group) is 1. The number of anilines is 3. The third-order valence-corrected chi connectivity index (χ3v) is 6.54. The maximum atomic E-state index is 12.7. The van der Waals surface area contributed by atoms with E-state index in [1.54, 1.807) is 12.3 Å². The highest BCUT2D eigenvalue weighted by molar-refractivity contribution is 6.02. The van der Waals surface area contributed by atoms with Gasteiger partial charge in [0.15, 0.2) is 5.82 Å². The fourth-order valence-corrected chi connectivity index (χ4v) is 4.61. The molecule has 0 spiro atoms. The lowest BCUT2D eigenvalue weighted by Crippen LogP contribution is -2.37. The molecule has 2 aliphatic rings. The normalized spacial score (nSPS) is 18.2. The molecule has 0 aromatic carbocycles. The second-order valence-corrected chi connectivity index (χ2v) is 8.92. The van der Waals surface area contributed by atoms with Gasteiger partial charge in [-0.15, -0.1) is 0 Å². The van der Waals surface area contributed by atoms with Gasteiger partial charge in [-0.3, -0.25) is 14.7 Å². The minimum absolute atomic E-state index is 0.170. The van der Waals surface area contributed by atoms with Crippen molar-refractivity contribution in [2.75, 3.05) is 68.1 Å². The van der Waals surface area contributed by atoms with Crippen LogP contribution in [-0.4, -0.2) is 88.7 Å². The van der Waals surface area contributed by atoms with Crippen molar-refractivity contribution >= 4 is 23.5 Å². The standard InChI is InChI=1S/C25H31N9O2/c1-32(25-28-8-7-23(31-25)34-14-16-36-17-15-34)12-13-33-11-3-6-21(33)19-4-2-5-20(29-19)24(35)30-22-18-26-9-10-27-22/h2,4-5,7-10,18,21H,3,6,11-17H2,1H3,(H,27,30,35). The van der Waals surface area contributed by atoms with E-state index in [9.17, 15) is 4.79 Å². The minimum Gasteiger partial charge on any atom is -0.378 e. The molecule has 1 amide bonds. The fraction of sp³-hybridized carbons (Fsp3) is 0.440. The third-order valence-electron chi connectivity index (χ3n) is 6.54. The van der Waals surface area contributed by atoms with Crippen LogP contribution in [0.3, 0.4) is 0 Å². The lowest BCUT2D eigenvalue weighted by atomic mass is 10.1. The SMILES string of the molecule is CN(CCN1CCCC1c1cccc(C(=O)Nc2cnccn2)n1)c1nccc(N2CCOCC2)n1. The number of rotatable bonds is 8. The van der Waals surface area contributed by atoms with E-state index in [-0.39, 0.29) is 11.9 Å². The second kappa shape index (κ2) is 11.4. The smallest absolute Gasteiger partial charge is 0.275 e. The van der Waals surface area contributed by atoms with Crippen molar-refractivity contribution in [2.45, 2.75) is 18.9 Å². The Morgan fingerprint density at radius 1 is 1.11 bits per heavy atom. The summed E-state index contributed by atoms with van der Waals surface area (Å²) in [5.74, 6) is 1.77. The van der Waals surface area contributed by atoms with Crippen LogP contribution in [0, 0.1) is 0 Å². The molecule has 11 heteroatoms. The van der Waals surface area contributed by atoms with Crippen LogP contribution in [-0.2, 0) is 4.74 Å². The van der Waals surface area contributed by atoms with Gasteiger partial charge >= 0.3 is 0 Å². The summed E-state index contributed by atoms with van der Waals surface area (Å²) in [4.78, 5) is 41.5. The molecule has 1 unspecified atom stereocenters. The van der Waals surface area contributed by atoms with Crippen molar-refractivity contribution < 1.29 is 9.53 Å². The molecular weight excluding hydrogens is 458 g/mol. The molecule has 0 radical (unpaired) electrons. The molecule has 188 valence electrons. The molecule has 0 bridgehead atoms. The predicted molar refractivity (Wildman–Crippen MR) is 136 cm³/mol. The van der Waals surface area contributed by atoms with Gasteiger partial charge in [-0.05, 0) is 37.6 Å². The topological polar surface area (TPSA) is 112 Å². The number of carbonyl (C=O) groups is 1. The average molecular weight is 490 g/mol. The summed E-state index contributed by atoms with van der Waals surface area (Å²) in [6.07, 6.45) is 8.54. The van der Waals surface area contributed by atoms with Crippen LogP contribution in [0.5, 0.6) is 0 Å². The van der Waals surface area contributed by atoms with Crippen LogP contribution >= 0.6 is 0 Å². The van der Waals surface area contributed by atoms with Gasteiger partial charge in [-0.25, -0.2) is 15.0 Å².